The number of aliphatic hydroxyl groups is 3. The topological polar surface area (TPSA) is 60.7 Å². The Balaban J connectivity index is -0.0000000270. The van der Waals surface area contributed by atoms with Crippen LogP contribution in [-0.2, 0) is 26.2 Å². The van der Waals surface area contributed by atoms with Crippen molar-refractivity contribution in [3.8, 4) is 0 Å². The summed E-state index contributed by atoms with van der Waals surface area (Å²) in [5.41, 5.74) is 0. The van der Waals surface area contributed by atoms with E-state index in [0.29, 0.717) is 0 Å². The molecular formula is C9H25ClO3Zr. The van der Waals surface area contributed by atoms with E-state index in [1.54, 1.807) is 41.5 Å². The number of aliphatic hydroxyl groups excluding tert-OH is 3. The van der Waals surface area contributed by atoms with E-state index < -0.39 is 0 Å². The molecule has 0 rings (SSSR count). The third kappa shape index (κ3) is 1710. The first-order valence-corrected chi connectivity index (χ1v) is 4.24. The third-order valence-corrected chi connectivity index (χ3v) is 0. The fraction of sp³-hybridized carbons (Fsp3) is 1.00. The Hall–Kier alpha value is 1.05. The summed E-state index contributed by atoms with van der Waals surface area (Å²) >= 11 is 0. The predicted octanol–water partition coefficient (Wildman–Crippen LogP) is 1.58. The van der Waals surface area contributed by atoms with Crippen LogP contribution in [-0.4, -0.2) is 33.6 Å². The standard InChI is InChI=1S/3C3H8O.ClH.Zr/c3*1-3(2)4;;/h3*3-4H,1-2H3;1H;. The first-order chi connectivity index (χ1) is 5.20. The molecule has 0 radical (unpaired) electrons. The van der Waals surface area contributed by atoms with Gasteiger partial charge in [0.25, 0.3) is 0 Å². The van der Waals surface area contributed by atoms with Gasteiger partial charge >= 0.3 is 0 Å². The van der Waals surface area contributed by atoms with Crippen LogP contribution >= 0.6 is 12.4 Å². The van der Waals surface area contributed by atoms with E-state index in [9.17, 15) is 0 Å². The zero-order valence-electron chi connectivity index (χ0n) is 9.98. The smallest absolute Gasteiger partial charge is 0.0483 e. The van der Waals surface area contributed by atoms with Crippen molar-refractivity contribution in [1.82, 2.24) is 0 Å². The van der Waals surface area contributed by atoms with E-state index in [-0.39, 0.29) is 56.9 Å². The van der Waals surface area contributed by atoms with Crippen LogP contribution in [0.1, 0.15) is 41.5 Å². The normalized spacial score (nSPS) is 7.71. The van der Waals surface area contributed by atoms with Crippen molar-refractivity contribution in [2.24, 2.45) is 0 Å². The monoisotopic (exact) mass is 306 g/mol. The summed E-state index contributed by atoms with van der Waals surface area (Å²) in [7, 11) is 0. The Morgan fingerprint density at radius 3 is 0.571 bits per heavy atom. The van der Waals surface area contributed by atoms with Crippen molar-refractivity contribution in [3.05, 3.63) is 0 Å². The van der Waals surface area contributed by atoms with Gasteiger partial charge in [-0.1, -0.05) is 0 Å². The molecule has 0 amide bonds. The van der Waals surface area contributed by atoms with Gasteiger partial charge in [0.15, 0.2) is 0 Å². The predicted molar refractivity (Wildman–Crippen MR) is 59.3 cm³/mol. The maximum Gasteiger partial charge on any atom is 0.0483 e. The number of hydrogen-bond donors (Lipinski definition) is 3. The molecule has 0 fully saturated rings. The molecule has 0 unspecified atom stereocenters. The van der Waals surface area contributed by atoms with Gasteiger partial charge in [-0.25, -0.2) is 0 Å². The Morgan fingerprint density at radius 1 is 0.571 bits per heavy atom. The minimum Gasteiger partial charge on any atom is -0.394 e. The Bertz CT molecular complexity index is 48.5. The minimum atomic E-state index is -0.167. The molecule has 0 aromatic rings. The summed E-state index contributed by atoms with van der Waals surface area (Å²) in [5, 5.41) is 24.2. The second-order valence-electron chi connectivity index (χ2n) is 3.28. The van der Waals surface area contributed by atoms with E-state index in [1.165, 1.54) is 0 Å². The van der Waals surface area contributed by atoms with Crippen LogP contribution in [0.15, 0.2) is 0 Å². The second kappa shape index (κ2) is 23.7. The van der Waals surface area contributed by atoms with Gasteiger partial charge in [0, 0.05) is 44.5 Å². The second-order valence-corrected chi connectivity index (χ2v) is 3.28. The fourth-order valence-electron chi connectivity index (χ4n) is 0. The molecule has 0 atom stereocenters. The zero-order chi connectivity index (χ0) is 10.7. The number of halogens is 1. The Labute approximate surface area is 113 Å². The molecule has 0 spiro atoms. The third-order valence-electron chi connectivity index (χ3n) is 0. The first-order valence-electron chi connectivity index (χ1n) is 4.24. The molecule has 0 saturated carbocycles. The van der Waals surface area contributed by atoms with Gasteiger partial charge in [-0.15, -0.1) is 12.4 Å². The van der Waals surface area contributed by atoms with Crippen molar-refractivity contribution >= 4 is 12.4 Å². The van der Waals surface area contributed by atoms with Crippen molar-refractivity contribution < 1.29 is 41.5 Å². The molecular weight excluding hydrogens is 283 g/mol. The summed E-state index contributed by atoms with van der Waals surface area (Å²) in [6.45, 7) is 10.3. The van der Waals surface area contributed by atoms with Gasteiger partial charge < -0.3 is 15.3 Å². The zero-order valence-corrected chi connectivity index (χ0v) is 13.3. The van der Waals surface area contributed by atoms with Gasteiger partial charge in [0.1, 0.15) is 0 Å². The molecule has 14 heavy (non-hydrogen) atoms. The molecule has 5 heteroatoms. The van der Waals surface area contributed by atoms with Gasteiger partial charge in [0.05, 0.1) is 0 Å². The van der Waals surface area contributed by atoms with Crippen molar-refractivity contribution in [2.45, 2.75) is 59.9 Å². The maximum absolute atomic E-state index is 8.06. The quantitative estimate of drug-likeness (QED) is 0.637. The fourth-order valence-corrected chi connectivity index (χ4v) is 0. The summed E-state index contributed by atoms with van der Waals surface area (Å²) in [5.74, 6) is 0. The molecule has 0 heterocycles. The van der Waals surface area contributed by atoms with Gasteiger partial charge in [-0.05, 0) is 41.5 Å². The molecule has 3 nitrogen and oxygen atoms in total. The summed E-state index contributed by atoms with van der Waals surface area (Å²) < 4.78 is 0. The molecule has 0 bridgehead atoms. The summed E-state index contributed by atoms with van der Waals surface area (Å²) in [4.78, 5) is 0. The van der Waals surface area contributed by atoms with Crippen LogP contribution in [0, 0.1) is 0 Å². The number of rotatable bonds is 0. The average molecular weight is 308 g/mol. The molecule has 0 aromatic heterocycles. The van der Waals surface area contributed by atoms with Crippen molar-refractivity contribution in [3.63, 3.8) is 0 Å². The van der Waals surface area contributed by atoms with Gasteiger partial charge in [-0.3, -0.25) is 0 Å². The van der Waals surface area contributed by atoms with Crippen LogP contribution in [0.3, 0.4) is 0 Å². The number of hydrogen-bond acceptors (Lipinski definition) is 3. The molecule has 0 aliphatic carbocycles. The van der Waals surface area contributed by atoms with E-state index in [2.05, 4.69) is 0 Å². The van der Waals surface area contributed by atoms with E-state index in [0.717, 1.165) is 0 Å². The molecule has 0 aliphatic rings. The summed E-state index contributed by atoms with van der Waals surface area (Å²) in [6, 6.07) is 0. The SMILES string of the molecule is CC(C)O.CC(C)O.CC(C)O.Cl.[Zr]. The summed E-state index contributed by atoms with van der Waals surface area (Å²) in [6.07, 6.45) is -0.500. The average Bonchev–Trinajstić information content (AvgIpc) is 1.54. The molecule has 3 N–H and O–H groups in total. The Kier molecular flexibility index (Phi) is 49.8. The molecule has 0 aromatic carbocycles. The van der Waals surface area contributed by atoms with E-state index >= 15 is 0 Å². The molecule has 0 saturated heterocycles. The van der Waals surface area contributed by atoms with Crippen LogP contribution < -0.4 is 0 Å². The first kappa shape index (κ1) is 29.4. The van der Waals surface area contributed by atoms with Crippen LogP contribution in [0.25, 0.3) is 0 Å². The van der Waals surface area contributed by atoms with Crippen molar-refractivity contribution in [2.75, 3.05) is 0 Å². The van der Waals surface area contributed by atoms with Gasteiger partial charge in [0.2, 0.25) is 0 Å². The Morgan fingerprint density at radius 2 is 0.571 bits per heavy atom. The molecule has 90 valence electrons. The van der Waals surface area contributed by atoms with Gasteiger partial charge in [-0.2, -0.15) is 0 Å². The largest absolute Gasteiger partial charge is 0.394 e. The molecule has 0 aliphatic heterocycles. The van der Waals surface area contributed by atoms with Crippen LogP contribution in [0.2, 0.25) is 0 Å². The van der Waals surface area contributed by atoms with Crippen molar-refractivity contribution in [1.29, 1.82) is 0 Å². The van der Waals surface area contributed by atoms with E-state index in [4.69, 9.17) is 15.3 Å². The van der Waals surface area contributed by atoms with Crippen LogP contribution in [0.5, 0.6) is 0 Å². The van der Waals surface area contributed by atoms with Crippen LogP contribution in [0.4, 0.5) is 0 Å². The maximum atomic E-state index is 8.06. The minimum absolute atomic E-state index is 0. The van der Waals surface area contributed by atoms with E-state index in [1.807, 2.05) is 0 Å².